The number of hydrogen-bond donors (Lipinski definition) is 2. The molecular weight excluding hydrogens is 240 g/mol. The second kappa shape index (κ2) is 5.54. The van der Waals surface area contributed by atoms with Gasteiger partial charge in [0.25, 0.3) is 0 Å². The minimum Gasteiger partial charge on any atom is -0.411 e. The van der Waals surface area contributed by atoms with E-state index in [-0.39, 0.29) is 23.2 Å². The smallest absolute Gasteiger partial charge is 0.235 e. The van der Waals surface area contributed by atoms with E-state index in [2.05, 4.69) is 10.5 Å². The number of alkyl halides is 1. The number of halogens is 1. The SMILES string of the molecule is CC1=CCC(C(C)(C)NC(=O)CCl)CC1=NO. The maximum absolute atomic E-state index is 11.3. The average Bonchev–Trinajstić information content (AvgIpc) is 2.28. The molecule has 96 valence electrons. The van der Waals surface area contributed by atoms with Crippen molar-refractivity contribution in [2.24, 2.45) is 11.1 Å². The molecule has 0 saturated heterocycles. The van der Waals surface area contributed by atoms with E-state index in [9.17, 15) is 4.79 Å². The van der Waals surface area contributed by atoms with E-state index in [1.165, 1.54) is 0 Å². The van der Waals surface area contributed by atoms with Crippen molar-refractivity contribution in [3.05, 3.63) is 11.6 Å². The normalized spacial score (nSPS) is 23.4. The van der Waals surface area contributed by atoms with Crippen LogP contribution in [-0.4, -0.2) is 28.2 Å². The van der Waals surface area contributed by atoms with Crippen LogP contribution in [0.1, 0.15) is 33.6 Å². The monoisotopic (exact) mass is 258 g/mol. The number of hydrogen-bond acceptors (Lipinski definition) is 3. The summed E-state index contributed by atoms with van der Waals surface area (Å²) >= 11 is 5.49. The van der Waals surface area contributed by atoms with Crippen molar-refractivity contribution in [2.45, 2.75) is 39.2 Å². The van der Waals surface area contributed by atoms with Crippen molar-refractivity contribution < 1.29 is 10.0 Å². The van der Waals surface area contributed by atoms with Crippen LogP contribution in [0.2, 0.25) is 0 Å². The summed E-state index contributed by atoms with van der Waals surface area (Å²) in [6, 6.07) is 0. The van der Waals surface area contributed by atoms with E-state index in [0.29, 0.717) is 12.1 Å². The van der Waals surface area contributed by atoms with Crippen molar-refractivity contribution in [1.29, 1.82) is 0 Å². The molecule has 0 heterocycles. The highest BCUT2D eigenvalue weighted by atomic mass is 35.5. The molecule has 5 heteroatoms. The summed E-state index contributed by atoms with van der Waals surface area (Å²) in [5.41, 5.74) is 1.33. The zero-order valence-corrected chi connectivity index (χ0v) is 11.2. The number of amides is 1. The summed E-state index contributed by atoms with van der Waals surface area (Å²) in [7, 11) is 0. The molecule has 0 fully saturated rings. The van der Waals surface area contributed by atoms with Crippen molar-refractivity contribution in [3.63, 3.8) is 0 Å². The molecule has 1 unspecified atom stereocenters. The first-order chi connectivity index (χ1) is 7.90. The predicted octanol–water partition coefficient (Wildman–Crippen LogP) is 2.31. The second-order valence-electron chi connectivity index (χ2n) is 4.97. The largest absolute Gasteiger partial charge is 0.411 e. The third-order valence-corrected chi connectivity index (χ3v) is 3.57. The molecule has 1 atom stereocenters. The third kappa shape index (κ3) is 3.46. The standard InChI is InChI=1S/C12H19ClN2O2/c1-8-4-5-9(6-10(8)15-17)12(2,3)14-11(16)7-13/h4,9,17H,5-7H2,1-3H3,(H,14,16). The van der Waals surface area contributed by atoms with E-state index < -0.39 is 0 Å². The summed E-state index contributed by atoms with van der Waals surface area (Å²) in [6.07, 6.45) is 3.56. The van der Waals surface area contributed by atoms with E-state index in [4.69, 9.17) is 16.8 Å². The first-order valence-electron chi connectivity index (χ1n) is 5.65. The van der Waals surface area contributed by atoms with Gasteiger partial charge in [0.15, 0.2) is 0 Å². The van der Waals surface area contributed by atoms with Gasteiger partial charge in [-0.1, -0.05) is 11.2 Å². The second-order valence-corrected chi connectivity index (χ2v) is 5.24. The van der Waals surface area contributed by atoms with Gasteiger partial charge in [0.1, 0.15) is 5.88 Å². The fourth-order valence-corrected chi connectivity index (χ4v) is 2.15. The number of nitrogens with zero attached hydrogens (tertiary/aromatic N) is 1. The predicted molar refractivity (Wildman–Crippen MR) is 68.6 cm³/mol. The molecule has 0 spiro atoms. The lowest BCUT2D eigenvalue weighted by atomic mass is 9.76. The highest BCUT2D eigenvalue weighted by Gasteiger charge is 2.33. The van der Waals surface area contributed by atoms with Gasteiger partial charge >= 0.3 is 0 Å². The van der Waals surface area contributed by atoms with Gasteiger partial charge in [-0.3, -0.25) is 4.79 Å². The highest BCUT2D eigenvalue weighted by molar-refractivity contribution is 6.27. The molecule has 0 aliphatic heterocycles. The van der Waals surface area contributed by atoms with Gasteiger partial charge in [-0.2, -0.15) is 0 Å². The van der Waals surface area contributed by atoms with Crippen molar-refractivity contribution in [2.75, 3.05) is 5.88 Å². The lowest BCUT2D eigenvalue weighted by molar-refractivity contribution is -0.120. The van der Waals surface area contributed by atoms with Crippen LogP contribution in [0.5, 0.6) is 0 Å². The molecule has 17 heavy (non-hydrogen) atoms. The Bertz CT molecular complexity index is 362. The molecule has 0 saturated carbocycles. The number of oxime groups is 1. The molecule has 0 bridgehead atoms. The van der Waals surface area contributed by atoms with Gasteiger partial charge in [0.05, 0.1) is 5.71 Å². The Morgan fingerprint density at radius 2 is 2.35 bits per heavy atom. The Balaban J connectivity index is 2.77. The van der Waals surface area contributed by atoms with E-state index in [1.54, 1.807) is 0 Å². The van der Waals surface area contributed by atoms with Crippen LogP contribution in [0.15, 0.2) is 16.8 Å². The van der Waals surface area contributed by atoms with Crippen LogP contribution in [0, 0.1) is 5.92 Å². The topological polar surface area (TPSA) is 61.7 Å². The molecule has 0 radical (unpaired) electrons. The summed E-state index contributed by atoms with van der Waals surface area (Å²) in [5, 5.41) is 15.1. The van der Waals surface area contributed by atoms with E-state index >= 15 is 0 Å². The molecular formula is C12H19ClN2O2. The third-order valence-electron chi connectivity index (χ3n) is 3.33. The molecule has 0 aromatic heterocycles. The molecule has 0 aromatic rings. The molecule has 0 aromatic carbocycles. The first kappa shape index (κ1) is 14.0. The van der Waals surface area contributed by atoms with Crippen LogP contribution in [0.3, 0.4) is 0 Å². The zero-order valence-electron chi connectivity index (χ0n) is 10.5. The van der Waals surface area contributed by atoms with Crippen molar-refractivity contribution >= 4 is 23.2 Å². The molecule has 1 amide bonds. The van der Waals surface area contributed by atoms with Crippen molar-refractivity contribution in [3.8, 4) is 0 Å². The average molecular weight is 259 g/mol. The van der Waals surface area contributed by atoms with E-state index in [0.717, 1.165) is 12.0 Å². The number of carbonyl (C=O) groups excluding carboxylic acids is 1. The number of carbonyl (C=O) groups is 1. The molecule has 1 aliphatic carbocycles. The maximum Gasteiger partial charge on any atom is 0.235 e. The molecule has 2 N–H and O–H groups in total. The Morgan fingerprint density at radius 1 is 1.71 bits per heavy atom. The quantitative estimate of drug-likeness (QED) is 0.464. The summed E-state index contributed by atoms with van der Waals surface area (Å²) in [6.45, 7) is 5.85. The minimum absolute atomic E-state index is 0.0358. The fraction of sp³-hybridized carbons (Fsp3) is 0.667. The molecule has 1 rings (SSSR count). The van der Waals surface area contributed by atoms with Gasteiger partial charge in [-0.25, -0.2) is 0 Å². The lowest BCUT2D eigenvalue weighted by Gasteiger charge is -2.36. The minimum atomic E-state index is -0.362. The number of allylic oxidation sites excluding steroid dienone is 2. The summed E-state index contributed by atoms with van der Waals surface area (Å²) in [4.78, 5) is 11.3. The summed E-state index contributed by atoms with van der Waals surface area (Å²) < 4.78 is 0. The Morgan fingerprint density at radius 3 is 2.88 bits per heavy atom. The summed E-state index contributed by atoms with van der Waals surface area (Å²) in [5.74, 6) is 0.00100. The fourth-order valence-electron chi connectivity index (χ4n) is 2.08. The van der Waals surface area contributed by atoms with Crippen LogP contribution >= 0.6 is 11.6 Å². The molecule has 4 nitrogen and oxygen atoms in total. The van der Waals surface area contributed by atoms with Crippen LogP contribution in [0.4, 0.5) is 0 Å². The number of rotatable bonds is 3. The van der Waals surface area contributed by atoms with Gasteiger partial charge in [0, 0.05) is 5.54 Å². The van der Waals surface area contributed by atoms with Gasteiger partial charge in [-0.15, -0.1) is 11.6 Å². The Labute approximate surface area is 107 Å². The Kier molecular flexibility index (Phi) is 4.57. The highest BCUT2D eigenvalue weighted by Crippen LogP contribution is 2.30. The first-order valence-corrected chi connectivity index (χ1v) is 6.19. The van der Waals surface area contributed by atoms with Gasteiger partial charge in [-0.05, 0) is 45.1 Å². The Hall–Kier alpha value is -1.03. The number of nitrogens with one attached hydrogen (secondary N) is 1. The van der Waals surface area contributed by atoms with Gasteiger partial charge in [0.2, 0.25) is 5.91 Å². The molecule has 1 aliphatic rings. The van der Waals surface area contributed by atoms with Crippen LogP contribution in [0.25, 0.3) is 0 Å². The zero-order chi connectivity index (χ0) is 13.1. The van der Waals surface area contributed by atoms with Crippen LogP contribution in [-0.2, 0) is 4.79 Å². The van der Waals surface area contributed by atoms with E-state index in [1.807, 2.05) is 26.8 Å². The van der Waals surface area contributed by atoms with Crippen molar-refractivity contribution in [1.82, 2.24) is 5.32 Å². The van der Waals surface area contributed by atoms with Crippen LogP contribution < -0.4 is 5.32 Å². The maximum atomic E-state index is 11.3. The van der Waals surface area contributed by atoms with Gasteiger partial charge < -0.3 is 10.5 Å². The lowest BCUT2D eigenvalue weighted by Crippen LogP contribution is -2.50.